The first-order chi connectivity index (χ1) is 16.6. The van der Waals surface area contributed by atoms with Gasteiger partial charge in [0.25, 0.3) is 0 Å². The Morgan fingerprint density at radius 3 is 2.41 bits per heavy atom. The molecule has 1 N–H and O–H groups in total. The lowest BCUT2D eigenvalue weighted by Gasteiger charge is -2.30. The van der Waals surface area contributed by atoms with Gasteiger partial charge in [0, 0.05) is 22.9 Å². The Hall–Kier alpha value is -2.83. The second-order valence-electron chi connectivity index (χ2n) is 8.25. The van der Waals surface area contributed by atoms with Gasteiger partial charge in [0.15, 0.2) is 11.0 Å². The van der Waals surface area contributed by atoms with Gasteiger partial charge in [-0.1, -0.05) is 87.3 Å². The average Bonchev–Trinajstić information content (AvgIpc) is 3.33. The van der Waals surface area contributed by atoms with E-state index >= 15 is 0 Å². The fourth-order valence-electron chi connectivity index (χ4n) is 3.77. The van der Waals surface area contributed by atoms with Gasteiger partial charge < -0.3 is 5.43 Å². The number of anilines is 1. The lowest BCUT2D eigenvalue weighted by Crippen LogP contribution is -2.35. The topological polar surface area (TPSA) is 54.2 Å². The van der Waals surface area contributed by atoms with Crippen LogP contribution in [0.1, 0.15) is 56.4 Å². The number of aromatic nitrogens is 2. The SMILES string of the molecule is CC.CCC.Cc1cccc(Sc2ccc(NN3CCc4ccc(C)cc4C3)c3nonc23)c1. The van der Waals surface area contributed by atoms with E-state index in [1.807, 2.05) is 13.8 Å². The summed E-state index contributed by atoms with van der Waals surface area (Å²) in [5.74, 6) is 0. The van der Waals surface area contributed by atoms with Gasteiger partial charge in [-0.2, -0.15) is 0 Å². The standard InChI is InChI=1S/C23H22N4OS.C3H8.C2H6/c1-15-4-3-5-19(13-15)29-21-9-8-20(22-23(21)26-28-25-22)24-27-11-10-17-7-6-16(2)12-18(17)14-27;1-3-2;1-2/h3-9,12-13,24H,10-11,14H2,1-2H3;3H2,1-2H3;1-2H3. The molecular formula is C28H36N4OS. The van der Waals surface area contributed by atoms with E-state index in [0.29, 0.717) is 0 Å². The summed E-state index contributed by atoms with van der Waals surface area (Å²) < 4.78 is 5.10. The highest BCUT2D eigenvalue weighted by atomic mass is 32.2. The van der Waals surface area contributed by atoms with Crippen LogP contribution in [0, 0.1) is 13.8 Å². The smallest absolute Gasteiger partial charge is 0.160 e. The Morgan fingerprint density at radius 1 is 0.912 bits per heavy atom. The molecule has 4 aromatic rings. The maximum Gasteiger partial charge on any atom is 0.160 e. The van der Waals surface area contributed by atoms with E-state index < -0.39 is 0 Å². The van der Waals surface area contributed by atoms with E-state index in [2.05, 4.69) is 103 Å². The number of hydrogen-bond acceptors (Lipinski definition) is 6. The summed E-state index contributed by atoms with van der Waals surface area (Å²) in [4.78, 5) is 2.22. The Balaban J connectivity index is 0.000000603. The Bertz CT molecular complexity index is 1200. The molecule has 1 aliphatic heterocycles. The Kier molecular flexibility index (Phi) is 9.54. The summed E-state index contributed by atoms with van der Waals surface area (Å²) in [7, 11) is 0. The number of hydrazine groups is 1. The molecule has 0 spiro atoms. The van der Waals surface area contributed by atoms with Crippen LogP contribution in [0.25, 0.3) is 11.0 Å². The van der Waals surface area contributed by atoms with Crippen LogP contribution in [0.3, 0.4) is 0 Å². The molecule has 34 heavy (non-hydrogen) atoms. The fourth-order valence-corrected chi connectivity index (χ4v) is 4.79. The third-order valence-corrected chi connectivity index (χ3v) is 6.29. The van der Waals surface area contributed by atoms with Crippen molar-refractivity contribution in [2.75, 3.05) is 12.0 Å². The Morgan fingerprint density at radius 2 is 1.65 bits per heavy atom. The second kappa shape index (κ2) is 12.6. The van der Waals surface area contributed by atoms with Crippen molar-refractivity contribution in [1.82, 2.24) is 15.3 Å². The van der Waals surface area contributed by atoms with Crippen LogP contribution in [-0.4, -0.2) is 21.9 Å². The second-order valence-corrected chi connectivity index (χ2v) is 9.37. The molecule has 0 unspecified atom stereocenters. The largest absolute Gasteiger partial charge is 0.316 e. The maximum atomic E-state index is 5.10. The van der Waals surface area contributed by atoms with Gasteiger partial charge in [0.1, 0.15) is 0 Å². The number of nitrogens with zero attached hydrogens (tertiary/aromatic N) is 3. The van der Waals surface area contributed by atoms with Crippen LogP contribution in [0.5, 0.6) is 0 Å². The van der Waals surface area contributed by atoms with Gasteiger partial charge in [0.2, 0.25) is 0 Å². The molecule has 2 heterocycles. The first-order valence-corrected chi connectivity index (χ1v) is 13.0. The first kappa shape index (κ1) is 25.8. The molecule has 180 valence electrons. The van der Waals surface area contributed by atoms with Gasteiger partial charge in [-0.3, -0.25) is 0 Å². The molecule has 1 aromatic heterocycles. The van der Waals surface area contributed by atoms with Crippen molar-refractivity contribution in [1.29, 1.82) is 0 Å². The van der Waals surface area contributed by atoms with Crippen molar-refractivity contribution < 1.29 is 4.63 Å². The molecule has 0 saturated heterocycles. The van der Waals surface area contributed by atoms with Crippen LogP contribution in [-0.2, 0) is 13.0 Å². The highest BCUT2D eigenvalue weighted by molar-refractivity contribution is 7.99. The van der Waals surface area contributed by atoms with Gasteiger partial charge in [0.05, 0.1) is 5.69 Å². The molecule has 5 rings (SSSR count). The van der Waals surface area contributed by atoms with Crippen molar-refractivity contribution in [2.24, 2.45) is 0 Å². The third-order valence-electron chi connectivity index (χ3n) is 5.25. The van der Waals surface area contributed by atoms with Crippen LogP contribution in [0.4, 0.5) is 5.69 Å². The summed E-state index contributed by atoms with van der Waals surface area (Å²) >= 11 is 1.68. The fraction of sp³-hybridized carbons (Fsp3) is 0.357. The molecule has 3 aromatic carbocycles. The molecular weight excluding hydrogens is 440 g/mol. The minimum atomic E-state index is 0.762. The lowest BCUT2D eigenvalue weighted by atomic mass is 9.99. The van der Waals surface area contributed by atoms with Gasteiger partial charge in [-0.25, -0.2) is 9.64 Å². The average molecular weight is 477 g/mol. The van der Waals surface area contributed by atoms with Gasteiger partial charge in [-0.15, -0.1) is 0 Å². The summed E-state index contributed by atoms with van der Waals surface area (Å²) in [6, 6.07) is 19.3. The molecule has 0 fully saturated rings. The molecule has 0 saturated carbocycles. The van der Waals surface area contributed by atoms with Crippen LogP contribution < -0.4 is 5.43 Å². The highest BCUT2D eigenvalue weighted by Crippen LogP contribution is 2.35. The first-order valence-electron chi connectivity index (χ1n) is 12.2. The van der Waals surface area contributed by atoms with E-state index in [1.54, 1.807) is 11.8 Å². The molecule has 5 nitrogen and oxygen atoms in total. The number of benzene rings is 3. The Labute approximate surface area is 207 Å². The normalized spacial score (nSPS) is 12.8. The van der Waals surface area contributed by atoms with Gasteiger partial charge >= 0.3 is 0 Å². The number of aryl methyl sites for hydroxylation is 2. The van der Waals surface area contributed by atoms with Gasteiger partial charge in [-0.05, 0) is 66.0 Å². The van der Waals surface area contributed by atoms with Crippen molar-refractivity contribution in [3.8, 4) is 0 Å². The minimum Gasteiger partial charge on any atom is -0.316 e. The van der Waals surface area contributed by atoms with E-state index in [9.17, 15) is 0 Å². The predicted octanol–water partition coefficient (Wildman–Crippen LogP) is 7.82. The zero-order valence-corrected chi connectivity index (χ0v) is 22.0. The monoisotopic (exact) mass is 476 g/mol. The van der Waals surface area contributed by atoms with E-state index in [0.717, 1.165) is 41.1 Å². The number of nitrogens with one attached hydrogen (secondary N) is 1. The van der Waals surface area contributed by atoms with E-state index in [1.165, 1.54) is 33.6 Å². The lowest BCUT2D eigenvalue weighted by molar-refractivity contribution is 0.306. The molecule has 0 atom stereocenters. The summed E-state index contributed by atoms with van der Waals surface area (Å²) in [6.45, 7) is 14.3. The number of fused-ring (bicyclic) bond motifs is 2. The van der Waals surface area contributed by atoms with Crippen LogP contribution >= 0.6 is 11.8 Å². The zero-order valence-electron chi connectivity index (χ0n) is 21.2. The summed E-state index contributed by atoms with van der Waals surface area (Å²) in [6.07, 6.45) is 2.28. The number of hydrogen-bond donors (Lipinski definition) is 1. The maximum absolute atomic E-state index is 5.10. The molecule has 6 heteroatoms. The quantitative estimate of drug-likeness (QED) is 0.324. The van der Waals surface area contributed by atoms with Crippen molar-refractivity contribution in [2.45, 2.75) is 70.7 Å². The zero-order chi connectivity index (χ0) is 24.5. The minimum absolute atomic E-state index is 0.762. The van der Waals surface area contributed by atoms with E-state index in [-0.39, 0.29) is 0 Å². The highest BCUT2D eigenvalue weighted by Gasteiger charge is 2.19. The summed E-state index contributed by atoms with van der Waals surface area (Å²) in [5, 5.41) is 10.6. The molecule has 0 amide bonds. The molecule has 0 bridgehead atoms. The van der Waals surface area contributed by atoms with Crippen LogP contribution in [0.2, 0.25) is 0 Å². The summed E-state index contributed by atoms with van der Waals surface area (Å²) in [5.41, 5.74) is 11.4. The molecule has 0 radical (unpaired) electrons. The molecule has 0 aliphatic carbocycles. The van der Waals surface area contributed by atoms with Crippen molar-refractivity contribution >= 4 is 28.5 Å². The van der Waals surface area contributed by atoms with Crippen molar-refractivity contribution in [3.63, 3.8) is 0 Å². The van der Waals surface area contributed by atoms with E-state index in [4.69, 9.17) is 4.63 Å². The molecule has 1 aliphatic rings. The van der Waals surface area contributed by atoms with Crippen LogP contribution in [0.15, 0.2) is 69.0 Å². The van der Waals surface area contributed by atoms with Crippen molar-refractivity contribution in [3.05, 3.63) is 76.9 Å². The predicted molar refractivity (Wildman–Crippen MR) is 143 cm³/mol. The third kappa shape index (κ3) is 6.39. The number of rotatable bonds is 4.